The maximum atomic E-state index is 12.1. The minimum absolute atomic E-state index is 0.0464. The lowest BCUT2D eigenvalue weighted by Gasteiger charge is -2.22. The van der Waals surface area contributed by atoms with Crippen LogP contribution in [0.2, 0.25) is 0 Å². The van der Waals surface area contributed by atoms with E-state index in [4.69, 9.17) is 5.73 Å². The first-order valence-electron chi connectivity index (χ1n) is 4.45. The molecule has 102 valence electrons. The van der Waals surface area contributed by atoms with Crippen LogP contribution in [0.1, 0.15) is 5.69 Å². The van der Waals surface area contributed by atoms with Crippen molar-refractivity contribution in [3.05, 3.63) is 18.1 Å². The Morgan fingerprint density at radius 1 is 1.06 bits per heavy atom. The van der Waals surface area contributed by atoms with Gasteiger partial charge < -0.3 is 10.5 Å². The zero-order valence-electron chi connectivity index (χ0n) is 8.59. The Hall–Kier alpha value is -1.58. The molecule has 1 rings (SSSR count). The van der Waals surface area contributed by atoms with Gasteiger partial charge in [0.05, 0.1) is 18.1 Å². The number of aromatic nitrogens is 2. The largest absolute Gasteiger partial charge is 0.454 e. The van der Waals surface area contributed by atoms with Gasteiger partial charge in [0.2, 0.25) is 5.88 Å². The molecule has 1 heterocycles. The van der Waals surface area contributed by atoms with Crippen molar-refractivity contribution in [1.29, 1.82) is 0 Å². The molecule has 0 unspecified atom stereocenters. The number of hydrogen-bond acceptors (Lipinski definition) is 4. The number of rotatable bonds is 3. The molecule has 10 heteroatoms. The van der Waals surface area contributed by atoms with Gasteiger partial charge in [-0.2, -0.15) is 26.3 Å². The third kappa shape index (κ3) is 3.72. The molecule has 0 aliphatic carbocycles. The standard InChI is InChI=1S/C8H7F6N3O/c9-7(10,11)6(8(12,13)14)18-5-3-16-4(1-15)2-17-5/h2-3,6H,1,15H2. The molecule has 0 saturated heterocycles. The molecule has 0 aromatic carbocycles. The van der Waals surface area contributed by atoms with Crippen molar-refractivity contribution in [3.8, 4) is 5.88 Å². The summed E-state index contributed by atoms with van der Waals surface area (Å²) in [4.78, 5) is 6.72. The minimum Gasteiger partial charge on any atom is -0.454 e. The molecular formula is C8H7F6N3O. The first-order valence-corrected chi connectivity index (χ1v) is 4.45. The van der Waals surface area contributed by atoms with Gasteiger partial charge in [-0.3, -0.25) is 4.98 Å². The number of alkyl halides is 6. The van der Waals surface area contributed by atoms with Crippen molar-refractivity contribution in [2.24, 2.45) is 5.73 Å². The molecule has 0 radical (unpaired) electrons. The average Bonchev–Trinajstić information content (AvgIpc) is 2.23. The quantitative estimate of drug-likeness (QED) is 0.854. The number of nitrogens with zero attached hydrogens (tertiary/aromatic N) is 2. The number of ether oxygens (including phenoxy) is 1. The highest BCUT2D eigenvalue weighted by Crippen LogP contribution is 2.35. The van der Waals surface area contributed by atoms with Gasteiger partial charge in [-0.25, -0.2) is 4.98 Å². The minimum atomic E-state index is -5.59. The number of hydrogen-bond donors (Lipinski definition) is 1. The molecule has 0 amide bonds. The SMILES string of the molecule is NCc1cnc(OC(C(F)(F)F)C(F)(F)F)cn1. The van der Waals surface area contributed by atoms with Crippen LogP contribution in [0.4, 0.5) is 26.3 Å². The van der Waals surface area contributed by atoms with Crippen molar-refractivity contribution in [2.75, 3.05) is 0 Å². The summed E-state index contributed by atoms with van der Waals surface area (Å²) < 4.78 is 76.6. The highest BCUT2D eigenvalue weighted by molar-refractivity contribution is 5.08. The predicted molar refractivity (Wildman–Crippen MR) is 46.4 cm³/mol. The van der Waals surface area contributed by atoms with Crippen LogP contribution in [-0.4, -0.2) is 28.4 Å². The Bertz CT molecular complexity index is 373. The molecule has 0 aliphatic heterocycles. The second-order valence-electron chi connectivity index (χ2n) is 3.13. The smallest absolute Gasteiger partial charge is 0.434 e. The second kappa shape index (κ2) is 4.96. The highest BCUT2D eigenvalue weighted by atomic mass is 19.4. The molecule has 0 aliphatic rings. The molecule has 1 aromatic heterocycles. The first-order chi connectivity index (χ1) is 8.14. The number of nitrogens with two attached hydrogens (primary N) is 1. The summed E-state index contributed by atoms with van der Waals surface area (Å²) in [5.74, 6) is -0.883. The van der Waals surface area contributed by atoms with E-state index in [2.05, 4.69) is 14.7 Å². The molecule has 0 saturated carbocycles. The Labute approximate surface area is 96.8 Å². The fourth-order valence-corrected chi connectivity index (χ4v) is 0.949. The van der Waals surface area contributed by atoms with Gasteiger partial charge in [0, 0.05) is 6.54 Å². The lowest BCUT2D eigenvalue weighted by atomic mass is 10.3. The summed E-state index contributed by atoms with van der Waals surface area (Å²) in [5.41, 5.74) is 5.34. The first kappa shape index (κ1) is 14.5. The third-order valence-corrected chi connectivity index (χ3v) is 1.72. The van der Waals surface area contributed by atoms with E-state index in [-0.39, 0.29) is 12.2 Å². The van der Waals surface area contributed by atoms with E-state index in [0.717, 1.165) is 6.20 Å². The van der Waals surface area contributed by atoms with Crippen molar-refractivity contribution in [3.63, 3.8) is 0 Å². The van der Waals surface area contributed by atoms with Gasteiger partial charge in [-0.05, 0) is 0 Å². The third-order valence-electron chi connectivity index (χ3n) is 1.72. The van der Waals surface area contributed by atoms with E-state index >= 15 is 0 Å². The fourth-order valence-electron chi connectivity index (χ4n) is 0.949. The predicted octanol–water partition coefficient (Wildman–Crippen LogP) is 1.81. The van der Waals surface area contributed by atoms with Gasteiger partial charge in [-0.1, -0.05) is 0 Å². The Kier molecular flexibility index (Phi) is 3.99. The molecule has 0 spiro atoms. The zero-order chi connectivity index (χ0) is 14.0. The van der Waals surface area contributed by atoms with Crippen LogP contribution >= 0.6 is 0 Å². The zero-order valence-corrected chi connectivity index (χ0v) is 8.59. The van der Waals surface area contributed by atoms with Crippen LogP contribution < -0.4 is 10.5 Å². The van der Waals surface area contributed by atoms with E-state index in [1.54, 1.807) is 0 Å². The molecule has 1 aromatic rings. The van der Waals surface area contributed by atoms with Crippen molar-refractivity contribution < 1.29 is 31.1 Å². The van der Waals surface area contributed by atoms with Crippen LogP contribution in [-0.2, 0) is 6.54 Å². The lowest BCUT2D eigenvalue weighted by molar-refractivity contribution is -0.300. The van der Waals surface area contributed by atoms with E-state index in [1.165, 1.54) is 0 Å². The summed E-state index contributed by atoms with van der Waals surface area (Å²) in [6, 6.07) is 0. The van der Waals surface area contributed by atoms with E-state index in [1.807, 2.05) is 0 Å². The Balaban J connectivity index is 2.90. The van der Waals surface area contributed by atoms with Gasteiger partial charge in [-0.15, -0.1) is 0 Å². The van der Waals surface area contributed by atoms with E-state index < -0.39 is 24.3 Å². The van der Waals surface area contributed by atoms with Crippen molar-refractivity contribution >= 4 is 0 Å². The van der Waals surface area contributed by atoms with Gasteiger partial charge in [0.25, 0.3) is 6.10 Å². The van der Waals surface area contributed by atoms with Gasteiger partial charge >= 0.3 is 12.4 Å². The summed E-state index contributed by atoms with van der Waals surface area (Å²) in [7, 11) is 0. The van der Waals surface area contributed by atoms with Crippen LogP contribution in [0.3, 0.4) is 0 Å². The topological polar surface area (TPSA) is 61.0 Å². The summed E-state index contributed by atoms with van der Waals surface area (Å²) in [6.07, 6.45) is -13.5. The highest BCUT2D eigenvalue weighted by Gasteiger charge is 2.59. The summed E-state index contributed by atoms with van der Waals surface area (Å²) >= 11 is 0. The molecule has 0 atom stereocenters. The molecular weight excluding hydrogens is 268 g/mol. The van der Waals surface area contributed by atoms with Crippen LogP contribution in [0.15, 0.2) is 12.4 Å². The van der Waals surface area contributed by atoms with Crippen molar-refractivity contribution in [2.45, 2.75) is 25.0 Å². The molecule has 2 N–H and O–H groups in total. The van der Waals surface area contributed by atoms with Crippen LogP contribution in [0, 0.1) is 0 Å². The number of halogens is 6. The van der Waals surface area contributed by atoms with Gasteiger partial charge in [0.1, 0.15) is 0 Å². The average molecular weight is 275 g/mol. The van der Waals surface area contributed by atoms with Crippen LogP contribution in [0.25, 0.3) is 0 Å². The molecule has 4 nitrogen and oxygen atoms in total. The van der Waals surface area contributed by atoms with E-state index in [9.17, 15) is 26.3 Å². The maximum Gasteiger partial charge on any atom is 0.434 e. The monoisotopic (exact) mass is 275 g/mol. The Morgan fingerprint density at radius 2 is 1.61 bits per heavy atom. The second-order valence-corrected chi connectivity index (χ2v) is 3.13. The maximum absolute atomic E-state index is 12.1. The van der Waals surface area contributed by atoms with Crippen molar-refractivity contribution in [1.82, 2.24) is 9.97 Å². The molecule has 0 bridgehead atoms. The molecule has 18 heavy (non-hydrogen) atoms. The summed E-state index contributed by atoms with van der Waals surface area (Å²) in [5, 5.41) is 0. The molecule has 0 fully saturated rings. The lowest BCUT2D eigenvalue weighted by Crippen LogP contribution is -2.46. The van der Waals surface area contributed by atoms with Gasteiger partial charge in [0.15, 0.2) is 0 Å². The fraction of sp³-hybridized carbons (Fsp3) is 0.500. The normalized spacial score (nSPS) is 12.9. The van der Waals surface area contributed by atoms with E-state index in [0.29, 0.717) is 6.20 Å². The summed E-state index contributed by atoms with van der Waals surface area (Å²) in [6.45, 7) is -0.0464. The van der Waals surface area contributed by atoms with Crippen LogP contribution in [0.5, 0.6) is 5.88 Å². The Morgan fingerprint density at radius 3 is 1.94 bits per heavy atom.